The molecule has 1 aromatic carbocycles. The SMILES string of the molecule is CC1C/C(=N\OS(C)(=O)=O)c2ccccc2S1. The van der Waals surface area contributed by atoms with Crippen molar-refractivity contribution in [3.8, 4) is 0 Å². The highest BCUT2D eigenvalue weighted by Gasteiger charge is 2.21. The van der Waals surface area contributed by atoms with E-state index in [0.29, 0.717) is 17.4 Å². The molecule has 6 heteroatoms. The average Bonchev–Trinajstić information content (AvgIpc) is 2.24. The van der Waals surface area contributed by atoms with Gasteiger partial charge >= 0.3 is 10.1 Å². The molecule has 1 aliphatic heterocycles. The molecule has 17 heavy (non-hydrogen) atoms. The fourth-order valence-corrected chi connectivity index (χ4v) is 3.02. The highest BCUT2D eigenvalue weighted by Crippen LogP contribution is 2.35. The van der Waals surface area contributed by atoms with Gasteiger partial charge < -0.3 is 0 Å². The summed E-state index contributed by atoms with van der Waals surface area (Å²) in [5.74, 6) is 0. The molecule has 0 fully saturated rings. The van der Waals surface area contributed by atoms with E-state index in [1.165, 1.54) is 0 Å². The van der Waals surface area contributed by atoms with Gasteiger partial charge in [-0.25, -0.2) is 0 Å². The molecule has 0 aromatic heterocycles. The molecule has 1 atom stereocenters. The minimum absolute atomic E-state index is 0.367. The number of oxime groups is 1. The number of rotatable bonds is 2. The first-order chi connectivity index (χ1) is 7.96. The van der Waals surface area contributed by atoms with Crippen molar-refractivity contribution in [1.29, 1.82) is 0 Å². The summed E-state index contributed by atoms with van der Waals surface area (Å²) in [4.78, 5) is 1.11. The molecular weight excluding hydrogens is 258 g/mol. The number of hydrogen-bond acceptors (Lipinski definition) is 5. The van der Waals surface area contributed by atoms with E-state index < -0.39 is 10.1 Å². The number of benzene rings is 1. The van der Waals surface area contributed by atoms with Gasteiger partial charge in [0.2, 0.25) is 0 Å². The van der Waals surface area contributed by atoms with Crippen molar-refractivity contribution in [1.82, 2.24) is 0 Å². The summed E-state index contributed by atoms with van der Waals surface area (Å²) >= 11 is 1.76. The van der Waals surface area contributed by atoms with E-state index in [4.69, 9.17) is 0 Å². The second kappa shape index (κ2) is 4.70. The summed E-state index contributed by atoms with van der Waals surface area (Å²) in [5.41, 5.74) is 1.65. The van der Waals surface area contributed by atoms with Crippen LogP contribution in [0.5, 0.6) is 0 Å². The molecule has 0 saturated heterocycles. The highest BCUT2D eigenvalue weighted by atomic mass is 32.2. The Balaban J connectivity index is 2.36. The van der Waals surface area contributed by atoms with Gasteiger partial charge in [0, 0.05) is 22.1 Å². The second-order valence-corrected chi connectivity index (χ2v) is 6.98. The molecule has 1 unspecified atom stereocenters. The van der Waals surface area contributed by atoms with Crippen molar-refractivity contribution in [2.45, 2.75) is 23.5 Å². The van der Waals surface area contributed by atoms with E-state index in [1.54, 1.807) is 11.8 Å². The van der Waals surface area contributed by atoms with Crippen molar-refractivity contribution in [3.63, 3.8) is 0 Å². The lowest BCUT2D eigenvalue weighted by molar-refractivity contribution is 0.342. The Hall–Kier alpha value is -1.01. The summed E-state index contributed by atoms with van der Waals surface area (Å²) in [6, 6.07) is 7.80. The van der Waals surface area contributed by atoms with Crippen LogP contribution in [0.25, 0.3) is 0 Å². The molecule has 0 aliphatic carbocycles. The van der Waals surface area contributed by atoms with Gasteiger partial charge in [-0.05, 0) is 6.07 Å². The number of hydrogen-bond donors (Lipinski definition) is 0. The van der Waals surface area contributed by atoms with Crippen LogP contribution in [0.4, 0.5) is 0 Å². The molecule has 0 radical (unpaired) electrons. The van der Waals surface area contributed by atoms with Gasteiger partial charge in [-0.2, -0.15) is 8.42 Å². The molecule has 1 aliphatic rings. The van der Waals surface area contributed by atoms with Gasteiger partial charge in [0.15, 0.2) is 0 Å². The zero-order valence-electron chi connectivity index (χ0n) is 9.58. The van der Waals surface area contributed by atoms with Gasteiger partial charge in [0.05, 0.1) is 12.0 Å². The second-order valence-electron chi connectivity index (χ2n) is 3.95. The van der Waals surface area contributed by atoms with Crippen LogP contribution in [0.3, 0.4) is 0 Å². The normalized spacial score (nSPS) is 22.2. The Kier molecular flexibility index (Phi) is 3.44. The van der Waals surface area contributed by atoms with Crippen LogP contribution < -0.4 is 0 Å². The maximum atomic E-state index is 10.9. The Morgan fingerprint density at radius 1 is 1.41 bits per heavy atom. The Morgan fingerprint density at radius 3 is 2.82 bits per heavy atom. The molecule has 0 amide bonds. The molecule has 1 heterocycles. The third-order valence-electron chi connectivity index (χ3n) is 2.29. The molecule has 1 aromatic rings. The Morgan fingerprint density at radius 2 is 2.12 bits per heavy atom. The summed E-state index contributed by atoms with van der Waals surface area (Å²) in [5, 5.41) is 4.13. The van der Waals surface area contributed by atoms with E-state index in [9.17, 15) is 8.42 Å². The van der Waals surface area contributed by atoms with Crippen LogP contribution in [0, 0.1) is 0 Å². The third-order valence-corrected chi connectivity index (χ3v) is 3.81. The first-order valence-electron chi connectivity index (χ1n) is 5.17. The summed E-state index contributed by atoms with van der Waals surface area (Å²) in [6.45, 7) is 2.08. The highest BCUT2D eigenvalue weighted by molar-refractivity contribution is 8.00. The summed E-state index contributed by atoms with van der Waals surface area (Å²) < 4.78 is 26.4. The van der Waals surface area contributed by atoms with Crippen LogP contribution >= 0.6 is 11.8 Å². The maximum absolute atomic E-state index is 10.9. The molecule has 0 bridgehead atoms. The van der Waals surface area contributed by atoms with Crippen molar-refractivity contribution in [2.24, 2.45) is 5.16 Å². The predicted molar refractivity (Wildman–Crippen MR) is 68.8 cm³/mol. The largest absolute Gasteiger partial charge is 0.325 e. The Labute approximate surface area is 105 Å². The fourth-order valence-electron chi connectivity index (χ4n) is 1.65. The van der Waals surface area contributed by atoms with E-state index in [0.717, 1.165) is 16.7 Å². The number of nitrogens with zero attached hydrogens (tertiary/aromatic N) is 1. The van der Waals surface area contributed by atoms with Gasteiger partial charge in [-0.15, -0.1) is 11.8 Å². The lowest BCUT2D eigenvalue weighted by Gasteiger charge is -2.21. The van der Waals surface area contributed by atoms with E-state index >= 15 is 0 Å². The average molecular weight is 271 g/mol. The lowest BCUT2D eigenvalue weighted by Crippen LogP contribution is -2.16. The monoisotopic (exact) mass is 271 g/mol. The van der Waals surface area contributed by atoms with E-state index in [2.05, 4.69) is 16.4 Å². The minimum Gasteiger partial charge on any atom is -0.268 e. The van der Waals surface area contributed by atoms with Crippen LogP contribution in [0.2, 0.25) is 0 Å². The standard InChI is InChI=1S/C11H13NO3S2/c1-8-7-10(12-15-17(2,13)14)9-5-3-4-6-11(9)16-8/h3-6,8H,7H2,1-2H3/b12-10+. The van der Waals surface area contributed by atoms with Gasteiger partial charge in [0.25, 0.3) is 0 Å². The number of fused-ring (bicyclic) bond motifs is 1. The lowest BCUT2D eigenvalue weighted by atomic mass is 10.1. The van der Waals surface area contributed by atoms with Crippen molar-refractivity contribution in [3.05, 3.63) is 29.8 Å². The predicted octanol–water partition coefficient (Wildman–Crippen LogP) is 2.25. The van der Waals surface area contributed by atoms with Crippen LogP contribution in [-0.4, -0.2) is 25.6 Å². The van der Waals surface area contributed by atoms with Gasteiger partial charge in [0.1, 0.15) is 0 Å². The van der Waals surface area contributed by atoms with Crippen LogP contribution in [-0.2, 0) is 14.4 Å². The van der Waals surface area contributed by atoms with Gasteiger partial charge in [-0.3, -0.25) is 4.28 Å². The van der Waals surface area contributed by atoms with Crippen molar-refractivity contribution < 1.29 is 12.7 Å². The molecule has 0 saturated carbocycles. The fraction of sp³-hybridized carbons (Fsp3) is 0.364. The maximum Gasteiger partial charge on any atom is 0.325 e. The van der Waals surface area contributed by atoms with E-state index in [1.807, 2.05) is 24.3 Å². The molecule has 2 rings (SSSR count). The first-order valence-corrected chi connectivity index (χ1v) is 7.87. The first kappa shape index (κ1) is 12.4. The van der Waals surface area contributed by atoms with Crippen LogP contribution in [0.15, 0.2) is 34.3 Å². The van der Waals surface area contributed by atoms with Crippen LogP contribution in [0.1, 0.15) is 18.9 Å². The topological polar surface area (TPSA) is 55.7 Å². The van der Waals surface area contributed by atoms with E-state index in [-0.39, 0.29) is 0 Å². The molecule has 4 nitrogen and oxygen atoms in total. The molecule has 0 N–H and O–H groups in total. The molecule has 0 spiro atoms. The smallest absolute Gasteiger partial charge is 0.268 e. The third kappa shape index (κ3) is 3.23. The Bertz CT molecular complexity index is 552. The molecule has 92 valence electrons. The zero-order chi connectivity index (χ0) is 12.5. The van der Waals surface area contributed by atoms with Gasteiger partial charge in [-0.1, -0.05) is 30.3 Å². The van der Waals surface area contributed by atoms with Crippen molar-refractivity contribution in [2.75, 3.05) is 6.26 Å². The minimum atomic E-state index is -3.54. The summed E-state index contributed by atoms with van der Waals surface area (Å²) in [7, 11) is -3.54. The zero-order valence-corrected chi connectivity index (χ0v) is 11.2. The number of thioether (sulfide) groups is 1. The summed E-state index contributed by atoms with van der Waals surface area (Å²) in [6.07, 6.45) is 1.70. The molecular formula is C11H13NO3S2. The van der Waals surface area contributed by atoms with Crippen molar-refractivity contribution >= 4 is 27.6 Å². The quantitative estimate of drug-likeness (QED) is 0.774.